The lowest BCUT2D eigenvalue weighted by molar-refractivity contribution is -0.138. The molecule has 90 valence electrons. The van der Waals surface area contributed by atoms with Gasteiger partial charge in [0, 0.05) is 13.0 Å². The zero-order valence-electron chi connectivity index (χ0n) is 7.92. The minimum Gasteiger partial charge on any atom is -0.481 e. The number of amides is 1. The van der Waals surface area contributed by atoms with Gasteiger partial charge >= 0.3 is 5.97 Å². The summed E-state index contributed by atoms with van der Waals surface area (Å²) in [6, 6.07) is 0. The number of carboxylic acids is 1. The number of carbonyl (C=O) groups is 2. The molecule has 9 heteroatoms. The van der Waals surface area contributed by atoms with Gasteiger partial charge in [-0.2, -0.15) is 8.42 Å². The summed E-state index contributed by atoms with van der Waals surface area (Å²) < 4.78 is 27.3. The molecule has 0 aliphatic carbocycles. The first-order valence-corrected chi connectivity index (χ1v) is 5.45. The Morgan fingerprint density at radius 3 is 1.73 bits per heavy atom. The summed E-state index contributed by atoms with van der Waals surface area (Å²) in [5, 5.41) is 7.95. The van der Waals surface area contributed by atoms with Gasteiger partial charge in [0.15, 0.2) is 0 Å². The third-order valence-corrected chi connectivity index (χ3v) is 1.71. The van der Waals surface area contributed by atoms with Crippen LogP contribution in [0.3, 0.4) is 0 Å². The average molecular weight is 242 g/mol. The van der Waals surface area contributed by atoms with Crippen LogP contribution >= 0.6 is 0 Å². The zero-order valence-corrected chi connectivity index (χ0v) is 8.74. The van der Waals surface area contributed by atoms with E-state index in [2.05, 4.69) is 5.73 Å². The van der Waals surface area contributed by atoms with Gasteiger partial charge in [-0.25, -0.2) is 0 Å². The molecule has 0 aliphatic rings. The van der Waals surface area contributed by atoms with E-state index in [1.807, 2.05) is 0 Å². The summed E-state index contributed by atoms with van der Waals surface area (Å²) in [6.45, 7) is -0.0289. The van der Waals surface area contributed by atoms with Crippen molar-refractivity contribution in [3.8, 4) is 0 Å². The highest BCUT2D eigenvalue weighted by Crippen LogP contribution is 1.84. The van der Waals surface area contributed by atoms with Gasteiger partial charge < -0.3 is 16.6 Å². The van der Waals surface area contributed by atoms with Gasteiger partial charge in [0.2, 0.25) is 5.91 Å². The van der Waals surface area contributed by atoms with E-state index in [1.54, 1.807) is 0 Å². The van der Waals surface area contributed by atoms with Crippen molar-refractivity contribution < 1.29 is 27.7 Å². The van der Waals surface area contributed by atoms with E-state index in [4.69, 9.17) is 15.4 Å². The number of hydrogen-bond donors (Lipinski definition) is 4. The molecule has 0 fully saturated rings. The Hall–Kier alpha value is -1.19. The Bertz CT molecular complexity index is 285. The van der Waals surface area contributed by atoms with Crippen LogP contribution < -0.4 is 11.5 Å². The van der Waals surface area contributed by atoms with Crippen LogP contribution in [-0.2, 0) is 19.7 Å². The van der Waals surface area contributed by atoms with Crippen LogP contribution in [0.4, 0.5) is 0 Å². The normalized spacial score (nSPS) is 10.0. The Kier molecular flexibility index (Phi) is 8.82. The third-order valence-electron chi connectivity index (χ3n) is 0.961. The Balaban J connectivity index is 0. The van der Waals surface area contributed by atoms with E-state index in [0.29, 0.717) is 0 Å². The van der Waals surface area contributed by atoms with Crippen molar-refractivity contribution in [3.63, 3.8) is 0 Å². The highest BCUT2D eigenvalue weighted by Gasteiger charge is 1.99. The van der Waals surface area contributed by atoms with Crippen molar-refractivity contribution in [1.29, 1.82) is 0 Å². The van der Waals surface area contributed by atoms with Crippen molar-refractivity contribution in [2.45, 2.75) is 12.8 Å². The Morgan fingerprint density at radius 2 is 1.67 bits per heavy atom. The fourth-order valence-corrected chi connectivity index (χ4v) is 0.677. The van der Waals surface area contributed by atoms with Crippen molar-refractivity contribution in [3.05, 3.63) is 0 Å². The molecule has 0 heterocycles. The molecule has 15 heavy (non-hydrogen) atoms. The summed E-state index contributed by atoms with van der Waals surface area (Å²) in [5.74, 6) is -1.93. The SMILES string of the molecule is NC(=O)CCC(=O)O.NCCS(=O)(=O)O. The quantitative estimate of drug-likeness (QED) is 0.412. The van der Waals surface area contributed by atoms with Crippen LogP contribution in [0, 0.1) is 0 Å². The molecule has 0 saturated carbocycles. The number of carbonyl (C=O) groups excluding carboxylic acids is 1. The first-order valence-electron chi connectivity index (χ1n) is 3.84. The van der Waals surface area contributed by atoms with Gasteiger partial charge in [-0.05, 0) is 0 Å². The van der Waals surface area contributed by atoms with E-state index in [0.717, 1.165) is 0 Å². The number of carboxylic acid groups (broad SMARTS) is 1. The molecular formula is C6H14N2O6S. The van der Waals surface area contributed by atoms with E-state index in [9.17, 15) is 18.0 Å². The molecule has 0 aromatic rings. The number of primary amides is 1. The van der Waals surface area contributed by atoms with E-state index >= 15 is 0 Å². The molecular weight excluding hydrogens is 228 g/mol. The van der Waals surface area contributed by atoms with Crippen LogP contribution in [0.15, 0.2) is 0 Å². The molecule has 0 unspecified atom stereocenters. The second-order valence-corrected chi connectivity index (χ2v) is 4.01. The van der Waals surface area contributed by atoms with Crippen LogP contribution in [-0.4, -0.2) is 42.3 Å². The molecule has 0 radical (unpaired) electrons. The summed E-state index contributed by atoms with van der Waals surface area (Å²) in [6.07, 6.45) is -0.245. The molecule has 0 aliphatic heterocycles. The molecule has 0 spiro atoms. The van der Waals surface area contributed by atoms with Gasteiger partial charge in [-0.3, -0.25) is 14.1 Å². The van der Waals surface area contributed by atoms with Gasteiger partial charge in [-0.15, -0.1) is 0 Å². The predicted octanol–water partition coefficient (Wildman–Crippen LogP) is -1.83. The maximum absolute atomic E-state index is 9.86. The second-order valence-electron chi connectivity index (χ2n) is 2.43. The summed E-state index contributed by atoms with van der Waals surface area (Å²) in [7, 11) is -3.80. The number of nitrogens with two attached hydrogens (primary N) is 2. The molecule has 0 aromatic heterocycles. The molecule has 6 N–H and O–H groups in total. The van der Waals surface area contributed by atoms with Gasteiger partial charge in [0.05, 0.1) is 12.2 Å². The highest BCUT2D eigenvalue weighted by molar-refractivity contribution is 7.85. The van der Waals surface area contributed by atoms with Gasteiger partial charge in [0.1, 0.15) is 0 Å². The lowest BCUT2D eigenvalue weighted by atomic mass is 10.3. The molecule has 0 aromatic carbocycles. The lowest BCUT2D eigenvalue weighted by Crippen LogP contribution is -2.13. The maximum Gasteiger partial charge on any atom is 0.303 e. The molecule has 1 amide bonds. The molecule has 0 rings (SSSR count). The van der Waals surface area contributed by atoms with Crippen molar-refractivity contribution in [1.82, 2.24) is 0 Å². The van der Waals surface area contributed by atoms with E-state index in [-0.39, 0.29) is 25.1 Å². The predicted molar refractivity (Wildman–Crippen MR) is 51.5 cm³/mol. The molecule has 0 saturated heterocycles. The van der Waals surface area contributed by atoms with Gasteiger partial charge in [-0.1, -0.05) is 0 Å². The standard InChI is InChI=1S/C4H7NO3.C2H7NO3S/c5-3(6)1-2-4(7)8;3-1-2-7(4,5)6/h1-2H2,(H2,5,6)(H,7,8);1-3H2,(H,4,5,6). The second kappa shape index (κ2) is 8.15. The minimum atomic E-state index is -3.80. The zero-order chi connectivity index (χ0) is 12.5. The average Bonchev–Trinajstić information content (AvgIpc) is 1.99. The van der Waals surface area contributed by atoms with Crippen LogP contribution in [0.1, 0.15) is 12.8 Å². The fraction of sp³-hybridized carbons (Fsp3) is 0.667. The summed E-state index contributed by atoms with van der Waals surface area (Å²) >= 11 is 0. The topological polar surface area (TPSA) is 161 Å². The highest BCUT2D eigenvalue weighted by atomic mass is 32.2. The largest absolute Gasteiger partial charge is 0.481 e. The molecule has 0 bridgehead atoms. The summed E-state index contributed by atoms with van der Waals surface area (Å²) in [5.41, 5.74) is 9.41. The maximum atomic E-state index is 9.86. The number of hydrogen-bond acceptors (Lipinski definition) is 5. The number of rotatable bonds is 5. The van der Waals surface area contributed by atoms with Crippen molar-refractivity contribution in [2.24, 2.45) is 11.5 Å². The van der Waals surface area contributed by atoms with E-state index in [1.165, 1.54) is 0 Å². The first-order chi connectivity index (χ1) is 6.69. The third kappa shape index (κ3) is 24.5. The van der Waals surface area contributed by atoms with Crippen LogP contribution in [0.2, 0.25) is 0 Å². The smallest absolute Gasteiger partial charge is 0.303 e. The molecule has 8 nitrogen and oxygen atoms in total. The van der Waals surface area contributed by atoms with Crippen LogP contribution in [0.25, 0.3) is 0 Å². The fourth-order valence-electron chi connectivity index (χ4n) is 0.379. The number of aliphatic carboxylic acids is 1. The summed E-state index contributed by atoms with van der Waals surface area (Å²) in [4.78, 5) is 19.6. The monoisotopic (exact) mass is 242 g/mol. The minimum absolute atomic E-state index is 0.0289. The lowest BCUT2D eigenvalue weighted by Gasteiger charge is -1.86. The Labute approximate surface area is 87.0 Å². The van der Waals surface area contributed by atoms with Crippen LogP contribution in [0.5, 0.6) is 0 Å². The van der Waals surface area contributed by atoms with Crippen molar-refractivity contribution in [2.75, 3.05) is 12.3 Å². The first kappa shape index (κ1) is 16.2. The van der Waals surface area contributed by atoms with E-state index < -0.39 is 22.0 Å². The van der Waals surface area contributed by atoms with Gasteiger partial charge in [0.25, 0.3) is 10.1 Å². The Morgan fingerprint density at radius 1 is 1.20 bits per heavy atom. The molecule has 0 atom stereocenters. The van der Waals surface area contributed by atoms with Crippen molar-refractivity contribution >= 4 is 22.0 Å².